The Hall–Kier alpha value is -1.71. The third-order valence-electron chi connectivity index (χ3n) is 3.46. The molecule has 1 aliphatic rings. The van der Waals surface area contributed by atoms with Crippen molar-refractivity contribution < 1.29 is 4.74 Å². The number of aromatic nitrogens is 1. The van der Waals surface area contributed by atoms with Crippen LogP contribution in [0.5, 0.6) is 0 Å². The van der Waals surface area contributed by atoms with Crippen LogP contribution in [0.4, 0.5) is 0 Å². The van der Waals surface area contributed by atoms with Crippen LogP contribution < -0.4 is 0 Å². The van der Waals surface area contributed by atoms with Crippen molar-refractivity contribution in [2.45, 2.75) is 12.6 Å². The molecule has 1 saturated heterocycles. The molecule has 0 radical (unpaired) electrons. The maximum atomic E-state index is 5.85. The number of hydrogen-bond acceptors (Lipinski definition) is 3. The predicted molar refractivity (Wildman–Crippen MR) is 74.6 cm³/mol. The summed E-state index contributed by atoms with van der Waals surface area (Å²) >= 11 is 0. The molecule has 3 heteroatoms. The van der Waals surface area contributed by atoms with Gasteiger partial charge in [-0.25, -0.2) is 0 Å². The Balaban J connectivity index is 1.65. The monoisotopic (exact) mass is 254 g/mol. The highest BCUT2D eigenvalue weighted by molar-refractivity contribution is 5.16. The molecular weight excluding hydrogens is 236 g/mol. The van der Waals surface area contributed by atoms with Crippen molar-refractivity contribution in [1.82, 2.24) is 9.88 Å². The molecule has 0 N–H and O–H groups in total. The van der Waals surface area contributed by atoms with Crippen molar-refractivity contribution in [3.8, 4) is 0 Å². The van der Waals surface area contributed by atoms with Gasteiger partial charge in [0.05, 0.1) is 12.7 Å². The second-order valence-electron chi connectivity index (χ2n) is 4.87. The summed E-state index contributed by atoms with van der Waals surface area (Å²) in [5, 5.41) is 0. The quantitative estimate of drug-likeness (QED) is 0.842. The average Bonchev–Trinajstić information content (AvgIpc) is 2.49. The maximum Gasteiger partial charge on any atom is 0.0967 e. The lowest BCUT2D eigenvalue weighted by Gasteiger charge is -2.33. The molecule has 19 heavy (non-hydrogen) atoms. The second-order valence-corrected chi connectivity index (χ2v) is 4.87. The average molecular weight is 254 g/mol. The van der Waals surface area contributed by atoms with Crippen molar-refractivity contribution in [1.29, 1.82) is 0 Å². The van der Waals surface area contributed by atoms with Gasteiger partial charge in [0.15, 0.2) is 0 Å². The van der Waals surface area contributed by atoms with Gasteiger partial charge in [-0.05, 0) is 11.6 Å². The summed E-state index contributed by atoms with van der Waals surface area (Å²) in [5.41, 5.74) is 2.52. The molecule has 1 aromatic carbocycles. The maximum absolute atomic E-state index is 5.85. The van der Waals surface area contributed by atoms with Crippen LogP contribution in [-0.2, 0) is 11.3 Å². The first-order valence-corrected chi connectivity index (χ1v) is 6.69. The molecule has 0 bridgehead atoms. The summed E-state index contributed by atoms with van der Waals surface area (Å²) in [6.07, 6.45) is 3.84. The molecule has 3 nitrogen and oxygen atoms in total. The highest BCUT2D eigenvalue weighted by atomic mass is 16.5. The topological polar surface area (TPSA) is 25.4 Å². The van der Waals surface area contributed by atoms with Gasteiger partial charge in [0.2, 0.25) is 0 Å². The highest BCUT2D eigenvalue weighted by Crippen LogP contribution is 2.22. The van der Waals surface area contributed by atoms with Crippen molar-refractivity contribution in [3.05, 3.63) is 66.0 Å². The first-order valence-electron chi connectivity index (χ1n) is 6.69. The van der Waals surface area contributed by atoms with E-state index in [1.165, 1.54) is 11.1 Å². The number of hydrogen-bond donors (Lipinski definition) is 0. The van der Waals surface area contributed by atoms with E-state index in [9.17, 15) is 0 Å². The van der Waals surface area contributed by atoms with E-state index >= 15 is 0 Å². The summed E-state index contributed by atoms with van der Waals surface area (Å²) < 4.78 is 5.85. The summed E-state index contributed by atoms with van der Waals surface area (Å²) in [4.78, 5) is 6.61. The third kappa shape index (κ3) is 3.19. The van der Waals surface area contributed by atoms with Crippen LogP contribution in [0.2, 0.25) is 0 Å². The first kappa shape index (κ1) is 12.3. The van der Waals surface area contributed by atoms with E-state index < -0.39 is 0 Å². The minimum atomic E-state index is 0.145. The number of benzene rings is 1. The SMILES string of the molecule is c1ccc(CN2CCO[C@@H](c3cccnc3)C2)cc1. The van der Waals surface area contributed by atoms with Gasteiger partial charge >= 0.3 is 0 Å². The highest BCUT2D eigenvalue weighted by Gasteiger charge is 2.21. The van der Waals surface area contributed by atoms with Gasteiger partial charge in [-0.2, -0.15) is 0 Å². The minimum Gasteiger partial charge on any atom is -0.371 e. The molecule has 0 saturated carbocycles. The summed E-state index contributed by atoms with van der Waals surface area (Å²) in [6.45, 7) is 3.69. The fourth-order valence-corrected chi connectivity index (χ4v) is 2.46. The first-order chi connectivity index (χ1) is 9.42. The van der Waals surface area contributed by atoms with E-state index in [0.717, 1.165) is 26.2 Å². The van der Waals surface area contributed by atoms with Gasteiger partial charge in [0.1, 0.15) is 0 Å². The van der Waals surface area contributed by atoms with E-state index in [1.54, 1.807) is 6.20 Å². The molecule has 0 spiro atoms. The zero-order valence-electron chi connectivity index (χ0n) is 10.9. The number of rotatable bonds is 3. The molecule has 3 rings (SSSR count). The number of morpholine rings is 1. The van der Waals surface area contributed by atoms with E-state index in [1.807, 2.05) is 12.3 Å². The zero-order valence-corrected chi connectivity index (χ0v) is 10.9. The Morgan fingerprint density at radius 3 is 2.84 bits per heavy atom. The third-order valence-corrected chi connectivity index (χ3v) is 3.46. The van der Waals surface area contributed by atoms with Crippen LogP contribution in [0.3, 0.4) is 0 Å². The fourth-order valence-electron chi connectivity index (χ4n) is 2.46. The summed E-state index contributed by atoms with van der Waals surface area (Å²) in [6, 6.07) is 14.6. The predicted octanol–water partition coefficient (Wildman–Crippen LogP) is 2.66. The fraction of sp³-hybridized carbons (Fsp3) is 0.312. The summed E-state index contributed by atoms with van der Waals surface area (Å²) in [5.74, 6) is 0. The summed E-state index contributed by atoms with van der Waals surface area (Å²) in [7, 11) is 0. The van der Waals surface area contributed by atoms with Gasteiger partial charge < -0.3 is 4.74 Å². The van der Waals surface area contributed by atoms with Gasteiger partial charge in [-0.3, -0.25) is 9.88 Å². The van der Waals surface area contributed by atoms with Gasteiger partial charge in [0.25, 0.3) is 0 Å². The molecule has 2 heterocycles. The Labute approximate surface area is 113 Å². The zero-order chi connectivity index (χ0) is 12.9. The molecule has 0 amide bonds. The van der Waals surface area contributed by atoms with Crippen molar-refractivity contribution in [2.24, 2.45) is 0 Å². The smallest absolute Gasteiger partial charge is 0.0967 e. The van der Waals surface area contributed by atoms with E-state index in [-0.39, 0.29) is 6.10 Å². The lowest BCUT2D eigenvalue weighted by Crippen LogP contribution is -2.37. The van der Waals surface area contributed by atoms with E-state index in [2.05, 4.69) is 46.3 Å². The molecule has 0 aliphatic carbocycles. The number of pyridine rings is 1. The van der Waals surface area contributed by atoms with E-state index in [0.29, 0.717) is 0 Å². The largest absolute Gasteiger partial charge is 0.371 e. The lowest BCUT2D eigenvalue weighted by molar-refractivity contribution is -0.0330. The Morgan fingerprint density at radius 2 is 2.05 bits per heavy atom. The Bertz CT molecular complexity index is 501. The molecule has 1 aliphatic heterocycles. The van der Waals surface area contributed by atoms with Crippen LogP contribution in [-0.4, -0.2) is 29.6 Å². The molecule has 1 fully saturated rings. The van der Waals surface area contributed by atoms with Crippen LogP contribution in [0, 0.1) is 0 Å². The minimum absolute atomic E-state index is 0.145. The van der Waals surface area contributed by atoms with Crippen molar-refractivity contribution in [3.63, 3.8) is 0 Å². The standard InChI is InChI=1S/C16H18N2O/c1-2-5-14(6-3-1)12-18-9-10-19-16(13-18)15-7-4-8-17-11-15/h1-8,11,16H,9-10,12-13H2/t16-/m1/s1. The number of ether oxygens (including phenoxy) is 1. The molecule has 2 aromatic rings. The van der Waals surface area contributed by atoms with Gasteiger partial charge in [-0.1, -0.05) is 36.4 Å². The Morgan fingerprint density at radius 1 is 1.16 bits per heavy atom. The van der Waals surface area contributed by atoms with Crippen LogP contribution >= 0.6 is 0 Å². The second kappa shape index (κ2) is 5.95. The van der Waals surface area contributed by atoms with Gasteiger partial charge in [0, 0.05) is 37.6 Å². The van der Waals surface area contributed by atoms with Crippen LogP contribution in [0.25, 0.3) is 0 Å². The van der Waals surface area contributed by atoms with Crippen LogP contribution in [0.1, 0.15) is 17.2 Å². The van der Waals surface area contributed by atoms with Crippen molar-refractivity contribution in [2.75, 3.05) is 19.7 Å². The molecule has 0 unspecified atom stereocenters. The molecule has 1 atom stereocenters. The number of nitrogens with zero attached hydrogens (tertiary/aromatic N) is 2. The van der Waals surface area contributed by atoms with Crippen LogP contribution in [0.15, 0.2) is 54.9 Å². The molecule has 1 aromatic heterocycles. The molecule has 98 valence electrons. The Kier molecular flexibility index (Phi) is 3.86. The van der Waals surface area contributed by atoms with E-state index in [4.69, 9.17) is 4.74 Å². The van der Waals surface area contributed by atoms with Gasteiger partial charge in [-0.15, -0.1) is 0 Å². The van der Waals surface area contributed by atoms with Crippen molar-refractivity contribution >= 4 is 0 Å². The lowest BCUT2D eigenvalue weighted by atomic mass is 10.1. The molecular formula is C16H18N2O. The normalized spacial score (nSPS) is 20.3.